The van der Waals surface area contributed by atoms with Crippen molar-refractivity contribution in [1.82, 2.24) is 0 Å². The molecule has 0 bridgehead atoms. The third-order valence-corrected chi connectivity index (χ3v) is 2.41. The van der Waals surface area contributed by atoms with E-state index in [9.17, 15) is 0 Å². The molecule has 0 spiro atoms. The minimum atomic E-state index is 0.870. The molecule has 0 saturated heterocycles. The van der Waals surface area contributed by atoms with Crippen molar-refractivity contribution < 1.29 is 0 Å². The maximum atomic E-state index is 3.39. The molecular weight excluding hydrogens is 96.1 g/mol. The zero-order chi connectivity index (χ0) is 5.40. The van der Waals surface area contributed by atoms with Crippen LogP contribution in [0.3, 0.4) is 0 Å². The van der Waals surface area contributed by atoms with E-state index in [4.69, 9.17) is 0 Å². The SMILES string of the molecule is [C]1=CCC2CCCC12. The van der Waals surface area contributed by atoms with E-state index in [1.165, 1.54) is 25.7 Å². The van der Waals surface area contributed by atoms with Gasteiger partial charge in [0.25, 0.3) is 0 Å². The Hall–Kier alpha value is -0.260. The molecule has 0 heteroatoms. The summed E-state index contributed by atoms with van der Waals surface area (Å²) in [5, 5.41) is 0. The van der Waals surface area contributed by atoms with Gasteiger partial charge >= 0.3 is 0 Å². The molecule has 0 N–H and O–H groups in total. The van der Waals surface area contributed by atoms with Gasteiger partial charge in [0, 0.05) is 0 Å². The maximum absolute atomic E-state index is 3.39. The van der Waals surface area contributed by atoms with Gasteiger partial charge in [0.05, 0.1) is 0 Å². The second-order valence-corrected chi connectivity index (χ2v) is 2.90. The van der Waals surface area contributed by atoms with Gasteiger partial charge in [-0.25, -0.2) is 0 Å². The highest BCUT2D eigenvalue weighted by atomic mass is 14.3. The molecule has 0 aromatic heterocycles. The van der Waals surface area contributed by atoms with Crippen molar-refractivity contribution in [2.45, 2.75) is 25.7 Å². The molecule has 43 valence electrons. The molecule has 1 fully saturated rings. The van der Waals surface area contributed by atoms with Crippen molar-refractivity contribution >= 4 is 0 Å². The van der Waals surface area contributed by atoms with Crippen LogP contribution in [0.1, 0.15) is 25.7 Å². The number of fused-ring (bicyclic) bond motifs is 1. The molecule has 0 amide bonds. The fraction of sp³-hybridized carbons (Fsp3) is 0.750. The predicted octanol–water partition coefficient (Wildman–Crippen LogP) is 2.17. The molecule has 2 rings (SSSR count). The minimum Gasteiger partial charge on any atom is -0.0805 e. The second-order valence-electron chi connectivity index (χ2n) is 2.90. The molecule has 2 aliphatic rings. The first-order valence-electron chi connectivity index (χ1n) is 3.54. The molecule has 2 atom stereocenters. The van der Waals surface area contributed by atoms with Crippen LogP contribution in [0, 0.1) is 17.9 Å². The fourth-order valence-corrected chi connectivity index (χ4v) is 1.91. The topological polar surface area (TPSA) is 0 Å². The van der Waals surface area contributed by atoms with Crippen LogP contribution >= 0.6 is 0 Å². The number of allylic oxidation sites excluding steroid dienone is 2. The summed E-state index contributed by atoms with van der Waals surface area (Å²) in [5.74, 6) is 1.88. The highest BCUT2D eigenvalue weighted by Crippen LogP contribution is 2.38. The normalized spacial score (nSPS) is 43.0. The smallest absolute Gasteiger partial charge is 0.0131 e. The average molecular weight is 107 g/mol. The van der Waals surface area contributed by atoms with Crippen LogP contribution in [0.25, 0.3) is 0 Å². The summed E-state index contributed by atoms with van der Waals surface area (Å²) in [6.07, 6.45) is 11.3. The summed E-state index contributed by atoms with van der Waals surface area (Å²) in [7, 11) is 0. The third-order valence-electron chi connectivity index (χ3n) is 2.41. The summed E-state index contributed by atoms with van der Waals surface area (Å²) in [6, 6.07) is 0. The summed E-state index contributed by atoms with van der Waals surface area (Å²) < 4.78 is 0. The van der Waals surface area contributed by atoms with E-state index in [0.717, 1.165) is 11.8 Å². The Labute approximate surface area is 50.6 Å². The first-order chi connectivity index (χ1) is 3.97. The molecule has 0 aromatic rings. The molecule has 2 aliphatic carbocycles. The monoisotopic (exact) mass is 107 g/mol. The lowest BCUT2D eigenvalue weighted by Gasteiger charge is -2.04. The van der Waals surface area contributed by atoms with Crippen LogP contribution in [0.15, 0.2) is 6.08 Å². The molecule has 0 heterocycles. The number of hydrogen-bond acceptors (Lipinski definition) is 0. The molecule has 2 unspecified atom stereocenters. The first-order valence-corrected chi connectivity index (χ1v) is 3.54. The van der Waals surface area contributed by atoms with Crippen molar-refractivity contribution in [2.24, 2.45) is 11.8 Å². The van der Waals surface area contributed by atoms with E-state index >= 15 is 0 Å². The highest BCUT2D eigenvalue weighted by molar-refractivity contribution is 4.97. The summed E-state index contributed by atoms with van der Waals surface area (Å²) >= 11 is 0. The van der Waals surface area contributed by atoms with E-state index in [1.807, 2.05) is 0 Å². The lowest BCUT2D eigenvalue weighted by molar-refractivity contribution is 0.488. The largest absolute Gasteiger partial charge is 0.0805 e. The van der Waals surface area contributed by atoms with E-state index < -0.39 is 0 Å². The first kappa shape index (κ1) is 4.60. The van der Waals surface area contributed by atoms with Gasteiger partial charge in [-0.1, -0.05) is 12.5 Å². The molecule has 0 aromatic carbocycles. The van der Waals surface area contributed by atoms with Gasteiger partial charge < -0.3 is 0 Å². The second kappa shape index (κ2) is 1.61. The van der Waals surface area contributed by atoms with E-state index in [1.54, 1.807) is 0 Å². The summed E-state index contributed by atoms with van der Waals surface area (Å²) in [4.78, 5) is 0. The summed E-state index contributed by atoms with van der Waals surface area (Å²) in [6.45, 7) is 0. The Morgan fingerprint density at radius 3 is 3.25 bits per heavy atom. The Kier molecular flexibility index (Phi) is 0.927. The van der Waals surface area contributed by atoms with Gasteiger partial charge in [0.1, 0.15) is 0 Å². The van der Waals surface area contributed by atoms with Crippen LogP contribution in [-0.2, 0) is 0 Å². The van der Waals surface area contributed by atoms with Crippen molar-refractivity contribution in [3.8, 4) is 0 Å². The van der Waals surface area contributed by atoms with Gasteiger partial charge in [0.2, 0.25) is 0 Å². The van der Waals surface area contributed by atoms with Crippen LogP contribution in [0.4, 0.5) is 0 Å². The third kappa shape index (κ3) is 0.521. The molecule has 0 aliphatic heterocycles. The molecule has 1 saturated carbocycles. The zero-order valence-electron chi connectivity index (χ0n) is 5.06. The zero-order valence-corrected chi connectivity index (χ0v) is 5.06. The van der Waals surface area contributed by atoms with Crippen molar-refractivity contribution in [3.05, 3.63) is 12.2 Å². The Bertz CT molecular complexity index is 113. The van der Waals surface area contributed by atoms with Gasteiger partial charge in [-0.2, -0.15) is 0 Å². The van der Waals surface area contributed by atoms with Crippen LogP contribution < -0.4 is 0 Å². The molecule has 1 radical (unpaired) electrons. The van der Waals surface area contributed by atoms with Crippen molar-refractivity contribution in [2.75, 3.05) is 0 Å². The Balaban J connectivity index is 2.13. The van der Waals surface area contributed by atoms with Crippen LogP contribution in [-0.4, -0.2) is 0 Å². The van der Waals surface area contributed by atoms with Crippen LogP contribution in [0.2, 0.25) is 0 Å². The Morgan fingerprint density at radius 1 is 1.38 bits per heavy atom. The number of rotatable bonds is 0. The number of hydrogen-bond donors (Lipinski definition) is 0. The van der Waals surface area contributed by atoms with Crippen molar-refractivity contribution in [3.63, 3.8) is 0 Å². The lowest BCUT2D eigenvalue weighted by atomic mass is 10.0. The summed E-state index contributed by atoms with van der Waals surface area (Å²) in [5.41, 5.74) is 0. The van der Waals surface area contributed by atoms with Gasteiger partial charge in [-0.15, -0.1) is 0 Å². The van der Waals surface area contributed by atoms with E-state index in [2.05, 4.69) is 12.2 Å². The molecule has 0 nitrogen and oxygen atoms in total. The maximum Gasteiger partial charge on any atom is -0.0131 e. The Morgan fingerprint density at radius 2 is 2.38 bits per heavy atom. The molecular formula is C8H11. The van der Waals surface area contributed by atoms with E-state index in [-0.39, 0.29) is 0 Å². The van der Waals surface area contributed by atoms with E-state index in [0.29, 0.717) is 0 Å². The molecule has 8 heavy (non-hydrogen) atoms. The quantitative estimate of drug-likeness (QED) is 0.445. The minimum absolute atomic E-state index is 0.870. The van der Waals surface area contributed by atoms with Gasteiger partial charge in [-0.3, -0.25) is 0 Å². The highest BCUT2D eigenvalue weighted by Gasteiger charge is 2.27. The predicted molar refractivity (Wildman–Crippen MR) is 33.3 cm³/mol. The van der Waals surface area contributed by atoms with Crippen molar-refractivity contribution in [1.29, 1.82) is 0 Å². The van der Waals surface area contributed by atoms with Gasteiger partial charge in [0.15, 0.2) is 0 Å². The standard InChI is InChI=1S/C8H11/c1-3-7-5-2-6-8(7)4-1/h1,7-8H,2-3,5-6H2. The van der Waals surface area contributed by atoms with Crippen LogP contribution in [0.5, 0.6) is 0 Å². The lowest BCUT2D eigenvalue weighted by Crippen LogP contribution is -1.96. The van der Waals surface area contributed by atoms with Gasteiger partial charge in [-0.05, 0) is 37.2 Å². The fourth-order valence-electron chi connectivity index (χ4n) is 1.91. The average Bonchev–Trinajstić information content (AvgIpc) is 2.15.